The minimum atomic E-state index is -4.93. The fraction of sp³-hybridized carbons (Fsp3) is 0.588. The van der Waals surface area contributed by atoms with Crippen molar-refractivity contribution in [3.8, 4) is 0 Å². The van der Waals surface area contributed by atoms with Crippen molar-refractivity contribution in [2.75, 3.05) is 20.1 Å². The van der Waals surface area contributed by atoms with E-state index in [4.69, 9.17) is 0 Å². The topological polar surface area (TPSA) is 57.7 Å². The number of nitrogens with zero attached hydrogens (tertiary/aromatic N) is 2. The second-order valence-electron chi connectivity index (χ2n) is 6.44. The molecule has 1 aliphatic heterocycles. The summed E-state index contributed by atoms with van der Waals surface area (Å²) in [4.78, 5) is 12.2. The van der Waals surface area contributed by atoms with Crippen LogP contribution in [0.1, 0.15) is 37.3 Å². The Morgan fingerprint density at radius 2 is 1.92 bits per heavy atom. The van der Waals surface area contributed by atoms with Crippen LogP contribution in [0.3, 0.4) is 0 Å². The number of fused-ring (bicyclic) bond motifs is 1. The molecule has 26 heavy (non-hydrogen) atoms. The van der Waals surface area contributed by atoms with Crippen LogP contribution in [-0.4, -0.2) is 49.8 Å². The van der Waals surface area contributed by atoms with E-state index in [0.717, 1.165) is 24.8 Å². The number of unbranched alkanes of at least 4 members (excludes halogenated alkanes) is 2. The van der Waals surface area contributed by atoms with Crippen molar-refractivity contribution in [1.82, 2.24) is 9.21 Å². The highest BCUT2D eigenvalue weighted by atomic mass is 32.2. The van der Waals surface area contributed by atoms with Gasteiger partial charge in [0.1, 0.15) is 0 Å². The van der Waals surface area contributed by atoms with Crippen molar-refractivity contribution >= 4 is 15.9 Å². The predicted molar refractivity (Wildman–Crippen MR) is 91.0 cm³/mol. The van der Waals surface area contributed by atoms with Crippen molar-refractivity contribution in [1.29, 1.82) is 0 Å². The van der Waals surface area contributed by atoms with Crippen molar-refractivity contribution in [2.45, 2.75) is 50.2 Å². The number of hydrogen-bond donors (Lipinski definition) is 0. The van der Waals surface area contributed by atoms with E-state index in [9.17, 15) is 26.4 Å². The Bertz CT molecular complexity index is 763. The van der Waals surface area contributed by atoms with Gasteiger partial charge >= 0.3 is 12.1 Å². The van der Waals surface area contributed by atoms with Crippen molar-refractivity contribution in [3.63, 3.8) is 0 Å². The molecule has 0 aromatic heterocycles. The first-order chi connectivity index (χ1) is 12.1. The van der Waals surface area contributed by atoms with E-state index in [0.29, 0.717) is 17.0 Å². The molecule has 0 aliphatic carbocycles. The van der Waals surface area contributed by atoms with E-state index in [1.165, 1.54) is 23.5 Å². The zero-order chi connectivity index (χ0) is 19.5. The fourth-order valence-corrected chi connectivity index (χ4v) is 4.19. The molecule has 1 aliphatic rings. The Kier molecular flexibility index (Phi) is 6.33. The van der Waals surface area contributed by atoms with E-state index < -0.39 is 22.1 Å². The summed E-state index contributed by atoms with van der Waals surface area (Å²) in [7, 11) is -2.22. The van der Waals surface area contributed by atoms with E-state index in [1.54, 1.807) is 6.07 Å². The van der Waals surface area contributed by atoms with Crippen molar-refractivity contribution in [2.24, 2.45) is 0 Å². The van der Waals surface area contributed by atoms with E-state index in [-0.39, 0.29) is 24.4 Å². The van der Waals surface area contributed by atoms with Gasteiger partial charge in [-0.15, -0.1) is 0 Å². The minimum Gasteiger partial charge on any atom is -0.330 e. The molecule has 1 heterocycles. The molecule has 0 spiro atoms. The van der Waals surface area contributed by atoms with Crippen LogP contribution in [0.5, 0.6) is 0 Å². The lowest BCUT2D eigenvalue weighted by atomic mass is 10.00. The van der Waals surface area contributed by atoms with Crippen LogP contribution in [0.2, 0.25) is 0 Å². The predicted octanol–water partition coefficient (Wildman–Crippen LogP) is 2.94. The van der Waals surface area contributed by atoms with Gasteiger partial charge in [0.25, 0.3) is 0 Å². The lowest BCUT2D eigenvalue weighted by Gasteiger charge is -2.30. The average Bonchev–Trinajstić information content (AvgIpc) is 2.59. The molecule has 0 atom stereocenters. The minimum absolute atomic E-state index is 0.0334. The van der Waals surface area contributed by atoms with Crippen molar-refractivity contribution < 1.29 is 26.4 Å². The maximum atomic E-state index is 12.7. The standard InChI is InChI=1S/C17H23F3N2O3S/c1-3-4-5-9-21(2)26(24,25)15-7-6-13-8-10-22(12-14(13)11-15)16(23)17(18,19)20/h6-7,11H,3-5,8-10,12H2,1-2H3. The molecule has 1 aromatic rings. The molecule has 0 radical (unpaired) electrons. The van der Waals surface area contributed by atoms with Gasteiger partial charge in [-0.05, 0) is 36.1 Å². The van der Waals surface area contributed by atoms with E-state index in [1.807, 2.05) is 6.92 Å². The Balaban J connectivity index is 2.21. The summed E-state index contributed by atoms with van der Waals surface area (Å²) in [6.07, 6.45) is -2.04. The van der Waals surface area contributed by atoms with Gasteiger partial charge in [-0.2, -0.15) is 13.2 Å². The number of carbonyl (C=O) groups excluding carboxylic acids is 1. The van der Waals surface area contributed by atoms with Gasteiger partial charge < -0.3 is 4.90 Å². The molecule has 0 fully saturated rings. The summed E-state index contributed by atoms with van der Waals surface area (Å²) < 4.78 is 64.5. The number of hydrogen-bond acceptors (Lipinski definition) is 3. The molecular weight excluding hydrogens is 369 g/mol. The molecule has 9 heteroatoms. The summed E-state index contributed by atoms with van der Waals surface area (Å²) in [6.45, 7) is 2.13. The van der Waals surface area contributed by atoms with Crippen LogP contribution in [0, 0.1) is 0 Å². The second kappa shape index (κ2) is 7.96. The van der Waals surface area contributed by atoms with Gasteiger partial charge in [0.15, 0.2) is 0 Å². The maximum Gasteiger partial charge on any atom is 0.471 e. The number of benzene rings is 1. The van der Waals surface area contributed by atoms with Gasteiger partial charge in [-0.1, -0.05) is 25.8 Å². The SMILES string of the molecule is CCCCCN(C)S(=O)(=O)c1ccc2c(c1)CN(C(=O)C(F)(F)F)CC2. The number of rotatable bonds is 6. The van der Waals surface area contributed by atoms with Crippen LogP contribution in [0.4, 0.5) is 13.2 Å². The van der Waals surface area contributed by atoms with Crippen LogP contribution in [0.25, 0.3) is 0 Å². The Morgan fingerprint density at radius 1 is 1.23 bits per heavy atom. The van der Waals surface area contributed by atoms with Crippen LogP contribution < -0.4 is 0 Å². The monoisotopic (exact) mass is 392 g/mol. The average molecular weight is 392 g/mol. The Morgan fingerprint density at radius 3 is 2.54 bits per heavy atom. The van der Waals surface area contributed by atoms with Crippen LogP contribution in [0.15, 0.2) is 23.1 Å². The van der Waals surface area contributed by atoms with E-state index in [2.05, 4.69) is 0 Å². The molecule has 0 saturated heterocycles. The van der Waals surface area contributed by atoms with E-state index >= 15 is 0 Å². The van der Waals surface area contributed by atoms with Gasteiger partial charge in [0.2, 0.25) is 10.0 Å². The first-order valence-corrected chi connectivity index (χ1v) is 9.95. The molecule has 5 nitrogen and oxygen atoms in total. The number of alkyl halides is 3. The van der Waals surface area contributed by atoms with Gasteiger partial charge in [-0.25, -0.2) is 12.7 Å². The fourth-order valence-electron chi connectivity index (χ4n) is 2.93. The molecule has 0 N–H and O–H groups in total. The molecule has 0 unspecified atom stereocenters. The zero-order valence-electron chi connectivity index (χ0n) is 14.8. The number of sulfonamides is 1. The van der Waals surface area contributed by atoms with Crippen LogP contribution >= 0.6 is 0 Å². The highest BCUT2D eigenvalue weighted by Gasteiger charge is 2.43. The summed E-state index contributed by atoms with van der Waals surface area (Å²) in [6, 6.07) is 4.49. The lowest BCUT2D eigenvalue weighted by Crippen LogP contribution is -2.43. The molecule has 146 valence electrons. The molecule has 0 saturated carbocycles. The molecule has 0 bridgehead atoms. The molecule has 1 amide bonds. The Labute approximate surface area is 151 Å². The maximum absolute atomic E-state index is 12.7. The van der Waals surface area contributed by atoms with Gasteiger partial charge in [0, 0.05) is 26.7 Å². The third kappa shape index (κ3) is 4.56. The smallest absolute Gasteiger partial charge is 0.330 e. The number of carbonyl (C=O) groups is 1. The first-order valence-electron chi connectivity index (χ1n) is 8.51. The highest BCUT2D eigenvalue weighted by Crippen LogP contribution is 2.27. The third-order valence-electron chi connectivity index (χ3n) is 4.50. The lowest BCUT2D eigenvalue weighted by molar-refractivity contribution is -0.186. The molecule has 2 rings (SSSR count). The number of halogens is 3. The largest absolute Gasteiger partial charge is 0.471 e. The normalized spacial score (nSPS) is 15.2. The summed E-state index contributed by atoms with van der Waals surface area (Å²) in [5, 5.41) is 0. The van der Waals surface area contributed by atoms with Crippen LogP contribution in [-0.2, 0) is 27.8 Å². The molecular formula is C17H23F3N2O3S. The number of amides is 1. The highest BCUT2D eigenvalue weighted by molar-refractivity contribution is 7.89. The van der Waals surface area contributed by atoms with Crippen molar-refractivity contribution in [3.05, 3.63) is 29.3 Å². The quantitative estimate of drug-likeness (QED) is 0.700. The second-order valence-corrected chi connectivity index (χ2v) is 8.48. The third-order valence-corrected chi connectivity index (χ3v) is 6.36. The summed E-state index contributed by atoms with van der Waals surface area (Å²) >= 11 is 0. The van der Waals surface area contributed by atoms with Gasteiger partial charge in [0.05, 0.1) is 4.90 Å². The Hall–Kier alpha value is -1.61. The molecule has 1 aromatic carbocycles. The van der Waals surface area contributed by atoms with Gasteiger partial charge in [-0.3, -0.25) is 4.79 Å². The zero-order valence-corrected chi connectivity index (χ0v) is 15.7. The summed E-state index contributed by atoms with van der Waals surface area (Å²) in [5.74, 6) is -1.90. The summed E-state index contributed by atoms with van der Waals surface area (Å²) in [5.41, 5.74) is 1.21. The first kappa shape index (κ1) is 20.7.